The van der Waals surface area contributed by atoms with Crippen molar-refractivity contribution in [3.63, 3.8) is 0 Å². The third-order valence-electron chi connectivity index (χ3n) is 2.62. The normalized spacial score (nSPS) is 11.8. The van der Waals surface area contributed by atoms with Crippen molar-refractivity contribution < 1.29 is 0 Å². The van der Waals surface area contributed by atoms with Crippen LogP contribution in [0.2, 0.25) is 0 Å². The van der Waals surface area contributed by atoms with Crippen molar-refractivity contribution in [2.24, 2.45) is 0 Å². The summed E-state index contributed by atoms with van der Waals surface area (Å²) in [6.07, 6.45) is 1.80. The minimum absolute atomic E-state index is 0.118. The van der Waals surface area contributed by atoms with Gasteiger partial charge in [-0.1, -0.05) is 0 Å². The molecule has 5 heteroatoms. The molecule has 0 aliphatic heterocycles. The maximum absolute atomic E-state index is 4.61. The van der Waals surface area contributed by atoms with Gasteiger partial charge >= 0.3 is 0 Å². The molecule has 19 heavy (non-hydrogen) atoms. The molecule has 1 N–H and O–H groups in total. The zero-order chi connectivity index (χ0) is 14.0. The lowest BCUT2D eigenvalue weighted by atomic mass is 10.1. The van der Waals surface area contributed by atoms with Gasteiger partial charge in [0.15, 0.2) is 0 Å². The summed E-state index contributed by atoms with van der Waals surface area (Å²) in [4.78, 5) is 10.3. The van der Waals surface area contributed by atoms with Crippen molar-refractivity contribution in [3.8, 4) is 10.7 Å². The van der Waals surface area contributed by atoms with Crippen LogP contribution in [0, 0.1) is 6.92 Å². The maximum atomic E-state index is 4.61. The summed E-state index contributed by atoms with van der Waals surface area (Å²) >= 11 is 5.10. The Morgan fingerprint density at radius 1 is 1.32 bits per heavy atom. The fraction of sp³-hybridized carbons (Fsp3) is 0.429. The number of nitrogens with zero attached hydrogens (tertiary/aromatic N) is 2. The van der Waals surface area contributed by atoms with Gasteiger partial charge < -0.3 is 5.32 Å². The topological polar surface area (TPSA) is 37.8 Å². The van der Waals surface area contributed by atoms with Crippen molar-refractivity contribution in [2.75, 3.05) is 0 Å². The lowest BCUT2D eigenvalue weighted by molar-refractivity contribution is 0.425. The summed E-state index contributed by atoms with van der Waals surface area (Å²) in [6, 6.07) is 3.98. The third-order valence-corrected chi connectivity index (χ3v) is 4.27. The van der Waals surface area contributed by atoms with E-state index in [-0.39, 0.29) is 5.54 Å². The van der Waals surface area contributed by atoms with Gasteiger partial charge in [0.05, 0.1) is 11.4 Å². The number of aryl methyl sites for hydroxylation is 1. The van der Waals surface area contributed by atoms with Crippen molar-refractivity contribution >= 4 is 27.3 Å². The average molecular weight is 340 g/mol. The van der Waals surface area contributed by atoms with Crippen LogP contribution in [0.4, 0.5) is 0 Å². The van der Waals surface area contributed by atoms with Gasteiger partial charge in [0.1, 0.15) is 5.01 Å². The van der Waals surface area contributed by atoms with E-state index in [1.807, 2.05) is 12.1 Å². The Labute approximate surface area is 126 Å². The van der Waals surface area contributed by atoms with Crippen LogP contribution >= 0.6 is 27.3 Å². The van der Waals surface area contributed by atoms with Crippen LogP contribution < -0.4 is 5.32 Å². The number of rotatable bonds is 3. The van der Waals surface area contributed by atoms with Crippen LogP contribution in [0.3, 0.4) is 0 Å². The predicted molar refractivity (Wildman–Crippen MR) is 84.4 cm³/mol. The molecule has 2 aromatic rings. The van der Waals surface area contributed by atoms with E-state index in [9.17, 15) is 0 Å². The smallest absolute Gasteiger partial charge is 0.142 e. The largest absolute Gasteiger partial charge is 0.307 e. The molecule has 0 aromatic carbocycles. The third kappa shape index (κ3) is 4.09. The Morgan fingerprint density at radius 3 is 2.63 bits per heavy atom. The number of pyridine rings is 1. The first-order valence-electron chi connectivity index (χ1n) is 6.18. The Bertz CT molecular complexity index is 555. The molecule has 0 bridgehead atoms. The molecule has 0 atom stereocenters. The first kappa shape index (κ1) is 14.6. The molecule has 0 spiro atoms. The number of halogens is 1. The van der Waals surface area contributed by atoms with Gasteiger partial charge in [-0.25, -0.2) is 4.98 Å². The molecular weight excluding hydrogens is 322 g/mol. The molecule has 0 aliphatic carbocycles. The molecule has 0 unspecified atom stereocenters. The highest BCUT2D eigenvalue weighted by atomic mass is 79.9. The first-order chi connectivity index (χ1) is 8.85. The Kier molecular flexibility index (Phi) is 4.38. The molecular formula is C14H18BrN3S. The minimum atomic E-state index is 0.118. The summed E-state index contributed by atoms with van der Waals surface area (Å²) in [5.74, 6) is 0. The van der Waals surface area contributed by atoms with Crippen LogP contribution in [-0.4, -0.2) is 15.5 Å². The highest BCUT2D eigenvalue weighted by molar-refractivity contribution is 9.10. The van der Waals surface area contributed by atoms with Crippen LogP contribution in [0.5, 0.6) is 0 Å². The van der Waals surface area contributed by atoms with E-state index in [0.717, 1.165) is 27.4 Å². The number of hydrogen-bond donors (Lipinski definition) is 1. The van der Waals surface area contributed by atoms with Gasteiger partial charge in [-0.3, -0.25) is 4.98 Å². The van der Waals surface area contributed by atoms with E-state index in [1.54, 1.807) is 17.5 Å². The molecule has 3 nitrogen and oxygen atoms in total. The van der Waals surface area contributed by atoms with Crippen LogP contribution in [0.15, 0.2) is 22.8 Å². The van der Waals surface area contributed by atoms with Gasteiger partial charge in [0, 0.05) is 27.6 Å². The van der Waals surface area contributed by atoms with E-state index in [1.165, 1.54) is 4.88 Å². The molecule has 0 radical (unpaired) electrons. The quantitative estimate of drug-likeness (QED) is 0.912. The molecule has 2 rings (SSSR count). The first-order valence-corrected chi connectivity index (χ1v) is 7.79. The van der Waals surface area contributed by atoms with Crippen molar-refractivity contribution in [1.82, 2.24) is 15.3 Å². The molecule has 2 aromatic heterocycles. The van der Waals surface area contributed by atoms with Gasteiger partial charge in [-0.05, 0) is 55.8 Å². The second-order valence-electron chi connectivity index (χ2n) is 5.49. The Morgan fingerprint density at radius 2 is 2.05 bits per heavy atom. The van der Waals surface area contributed by atoms with Crippen molar-refractivity contribution in [3.05, 3.63) is 33.4 Å². The summed E-state index contributed by atoms with van der Waals surface area (Å²) in [5.41, 5.74) is 2.13. The summed E-state index contributed by atoms with van der Waals surface area (Å²) in [7, 11) is 0. The van der Waals surface area contributed by atoms with E-state index in [4.69, 9.17) is 0 Å². The lowest BCUT2D eigenvalue weighted by Crippen LogP contribution is -2.34. The summed E-state index contributed by atoms with van der Waals surface area (Å²) in [6.45, 7) is 9.41. The molecule has 0 saturated carbocycles. The van der Waals surface area contributed by atoms with Gasteiger partial charge in [-0.2, -0.15) is 0 Å². The minimum Gasteiger partial charge on any atom is -0.307 e. The van der Waals surface area contributed by atoms with Gasteiger partial charge in [0.2, 0.25) is 0 Å². The number of nitrogens with one attached hydrogen (secondary N) is 1. The molecule has 102 valence electrons. The van der Waals surface area contributed by atoms with E-state index >= 15 is 0 Å². The van der Waals surface area contributed by atoms with E-state index in [2.05, 4.69) is 58.9 Å². The fourth-order valence-corrected chi connectivity index (χ4v) is 2.76. The number of thiazole rings is 1. The second-order valence-corrected chi connectivity index (χ2v) is 7.49. The highest BCUT2D eigenvalue weighted by Gasteiger charge is 2.13. The number of hydrogen-bond acceptors (Lipinski definition) is 4. The van der Waals surface area contributed by atoms with E-state index < -0.39 is 0 Å². The Balaban J connectivity index is 2.19. The molecule has 0 fully saturated rings. The molecule has 0 aliphatic rings. The van der Waals surface area contributed by atoms with Crippen LogP contribution in [-0.2, 0) is 6.54 Å². The number of aromatic nitrogens is 2. The fourth-order valence-electron chi connectivity index (χ4n) is 1.55. The Hall–Kier alpha value is -0.780. The van der Waals surface area contributed by atoms with E-state index in [0.29, 0.717) is 0 Å². The molecule has 2 heterocycles. The predicted octanol–water partition coefficient (Wildman–Crippen LogP) is 4.16. The van der Waals surface area contributed by atoms with Crippen LogP contribution in [0.25, 0.3) is 10.7 Å². The van der Waals surface area contributed by atoms with Gasteiger partial charge in [0.25, 0.3) is 0 Å². The van der Waals surface area contributed by atoms with Crippen molar-refractivity contribution in [2.45, 2.75) is 39.8 Å². The monoisotopic (exact) mass is 339 g/mol. The average Bonchev–Trinajstić information content (AvgIpc) is 2.68. The summed E-state index contributed by atoms with van der Waals surface area (Å²) in [5, 5.41) is 4.48. The zero-order valence-corrected chi connectivity index (χ0v) is 14.0. The summed E-state index contributed by atoms with van der Waals surface area (Å²) < 4.78 is 0.985. The standard InChI is InChI=1S/C14H18BrN3S/c1-9-12(8-17-14(2,3)4)19-13(18-9)11-6-5-10(15)7-16-11/h5-7,17H,8H2,1-4H3. The van der Waals surface area contributed by atoms with Crippen molar-refractivity contribution in [1.29, 1.82) is 0 Å². The lowest BCUT2D eigenvalue weighted by Gasteiger charge is -2.19. The zero-order valence-electron chi connectivity index (χ0n) is 11.6. The highest BCUT2D eigenvalue weighted by Crippen LogP contribution is 2.27. The second kappa shape index (κ2) is 5.69. The van der Waals surface area contributed by atoms with Gasteiger partial charge in [-0.15, -0.1) is 11.3 Å². The SMILES string of the molecule is Cc1nc(-c2ccc(Br)cn2)sc1CNC(C)(C)C. The van der Waals surface area contributed by atoms with Crippen LogP contribution in [0.1, 0.15) is 31.3 Å². The maximum Gasteiger partial charge on any atom is 0.142 e. The molecule has 0 amide bonds. The molecule has 0 saturated heterocycles.